The van der Waals surface area contributed by atoms with Gasteiger partial charge in [-0.1, -0.05) is 48.5 Å². The highest BCUT2D eigenvalue weighted by atomic mass is 19.1. The molecule has 0 spiro atoms. The molecule has 2 heteroatoms. The van der Waals surface area contributed by atoms with Crippen LogP contribution in [0.1, 0.15) is 16.7 Å². The molecule has 0 unspecified atom stereocenters. The summed E-state index contributed by atoms with van der Waals surface area (Å²) in [6.07, 6.45) is 0.499. The lowest BCUT2D eigenvalue weighted by atomic mass is 9.92. The summed E-state index contributed by atoms with van der Waals surface area (Å²) in [7, 11) is 0. The molecule has 0 nitrogen and oxygen atoms in total. The first kappa shape index (κ1) is 14.5. The first-order valence-electron chi connectivity index (χ1n) is 7.22. The topological polar surface area (TPSA) is 0 Å². The lowest BCUT2D eigenvalue weighted by Gasteiger charge is -2.12. The molecule has 0 bridgehead atoms. The van der Waals surface area contributed by atoms with Gasteiger partial charge in [0.1, 0.15) is 11.6 Å². The molecule has 0 aromatic heterocycles. The smallest absolute Gasteiger partial charge is 0.126 e. The summed E-state index contributed by atoms with van der Waals surface area (Å²) in [5.41, 5.74) is 5.13. The van der Waals surface area contributed by atoms with E-state index in [9.17, 15) is 8.78 Å². The molecular weight excluding hydrogens is 278 g/mol. The van der Waals surface area contributed by atoms with E-state index in [1.807, 2.05) is 36.4 Å². The third kappa shape index (κ3) is 3.06. The molecule has 0 saturated carbocycles. The Bertz CT molecular complexity index is 786. The molecule has 0 aliphatic carbocycles. The molecule has 110 valence electrons. The van der Waals surface area contributed by atoms with Crippen LogP contribution in [0.25, 0.3) is 11.1 Å². The number of hydrogen-bond donors (Lipinski definition) is 0. The van der Waals surface area contributed by atoms with Crippen LogP contribution in [-0.2, 0) is 6.42 Å². The molecule has 3 aromatic carbocycles. The monoisotopic (exact) mass is 294 g/mol. The van der Waals surface area contributed by atoms with Crippen molar-refractivity contribution in [3.05, 3.63) is 95.1 Å². The Morgan fingerprint density at radius 2 is 1.32 bits per heavy atom. The second-order valence-electron chi connectivity index (χ2n) is 5.43. The molecule has 3 aromatic rings. The van der Waals surface area contributed by atoms with Crippen LogP contribution in [0, 0.1) is 18.6 Å². The first-order chi connectivity index (χ1) is 10.6. The van der Waals surface area contributed by atoms with Gasteiger partial charge in [-0.25, -0.2) is 8.78 Å². The van der Waals surface area contributed by atoms with Crippen molar-refractivity contribution in [3.63, 3.8) is 0 Å². The van der Waals surface area contributed by atoms with Crippen molar-refractivity contribution in [2.24, 2.45) is 0 Å². The van der Waals surface area contributed by atoms with Gasteiger partial charge in [-0.05, 0) is 53.3 Å². The van der Waals surface area contributed by atoms with E-state index in [1.165, 1.54) is 17.7 Å². The quantitative estimate of drug-likeness (QED) is 0.595. The van der Waals surface area contributed by atoms with Gasteiger partial charge in [-0.3, -0.25) is 0 Å². The first-order valence-corrected chi connectivity index (χ1v) is 7.22. The summed E-state index contributed by atoms with van der Waals surface area (Å²) in [4.78, 5) is 0. The summed E-state index contributed by atoms with van der Waals surface area (Å²) in [6, 6.07) is 19.8. The fourth-order valence-corrected chi connectivity index (χ4v) is 2.75. The van der Waals surface area contributed by atoms with Gasteiger partial charge in [0, 0.05) is 6.07 Å². The van der Waals surface area contributed by atoms with Gasteiger partial charge in [0.15, 0.2) is 0 Å². The van der Waals surface area contributed by atoms with E-state index in [1.54, 1.807) is 0 Å². The van der Waals surface area contributed by atoms with Crippen LogP contribution in [0.15, 0.2) is 66.7 Å². The highest BCUT2D eigenvalue weighted by Crippen LogP contribution is 2.28. The number of hydrogen-bond acceptors (Lipinski definition) is 0. The normalized spacial score (nSPS) is 10.7. The minimum absolute atomic E-state index is 0.499. The summed E-state index contributed by atoms with van der Waals surface area (Å²) >= 11 is 0. The summed E-state index contributed by atoms with van der Waals surface area (Å²) in [5, 5.41) is 0. The zero-order valence-corrected chi connectivity index (χ0v) is 12.3. The minimum Gasteiger partial charge on any atom is -0.207 e. The molecule has 3 rings (SSSR count). The maximum Gasteiger partial charge on any atom is 0.126 e. The fourth-order valence-electron chi connectivity index (χ4n) is 2.75. The molecule has 0 saturated heterocycles. The summed E-state index contributed by atoms with van der Waals surface area (Å²) in [5.74, 6) is -1.08. The second-order valence-corrected chi connectivity index (χ2v) is 5.43. The van der Waals surface area contributed by atoms with Gasteiger partial charge in [-0.2, -0.15) is 0 Å². The molecule has 0 aliphatic rings. The molecule has 0 radical (unpaired) electrons. The van der Waals surface area contributed by atoms with Gasteiger partial charge in [0.05, 0.1) is 0 Å². The molecule has 0 aliphatic heterocycles. The Hall–Kier alpha value is -2.48. The predicted molar refractivity (Wildman–Crippen MR) is 85.8 cm³/mol. The zero-order chi connectivity index (χ0) is 15.5. The van der Waals surface area contributed by atoms with E-state index >= 15 is 0 Å². The highest BCUT2D eigenvalue weighted by Gasteiger charge is 2.09. The second kappa shape index (κ2) is 6.10. The van der Waals surface area contributed by atoms with Gasteiger partial charge in [-0.15, -0.1) is 0 Å². The van der Waals surface area contributed by atoms with Crippen molar-refractivity contribution >= 4 is 0 Å². The lowest BCUT2D eigenvalue weighted by Crippen LogP contribution is -1.95. The maximum absolute atomic E-state index is 13.4. The molecular formula is C20H16F2. The SMILES string of the molecule is Cc1ccccc1-c1ccccc1Cc1cc(F)cc(F)c1. The van der Waals surface area contributed by atoms with E-state index in [2.05, 4.69) is 19.1 Å². The molecule has 0 fully saturated rings. The Morgan fingerprint density at radius 3 is 2.00 bits per heavy atom. The van der Waals surface area contributed by atoms with Crippen LogP contribution in [0.3, 0.4) is 0 Å². The van der Waals surface area contributed by atoms with Crippen LogP contribution < -0.4 is 0 Å². The van der Waals surface area contributed by atoms with Crippen molar-refractivity contribution in [3.8, 4) is 11.1 Å². The van der Waals surface area contributed by atoms with Crippen LogP contribution >= 0.6 is 0 Å². The minimum atomic E-state index is -0.539. The van der Waals surface area contributed by atoms with E-state index < -0.39 is 11.6 Å². The van der Waals surface area contributed by atoms with E-state index in [4.69, 9.17) is 0 Å². The number of halogens is 2. The Labute approximate surface area is 129 Å². The van der Waals surface area contributed by atoms with Gasteiger partial charge < -0.3 is 0 Å². The highest BCUT2D eigenvalue weighted by molar-refractivity contribution is 5.70. The van der Waals surface area contributed by atoms with Crippen molar-refractivity contribution in [2.75, 3.05) is 0 Å². The number of rotatable bonds is 3. The standard InChI is InChI=1S/C20H16F2/c1-14-6-2-4-8-19(14)20-9-5-3-7-16(20)10-15-11-17(21)13-18(22)12-15/h2-9,11-13H,10H2,1H3. The van der Waals surface area contributed by atoms with Gasteiger partial charge in [0.25, 0.3) is 0 Å². The van der Waals surface area contributed by atoms with Crippen molar-refractivity contribution in [1.29, 1.82) is 0 Å². The van der Waals surface area contributed by atoms with Crippen molar-refractivity contribution in [1.82, 2.24) is 0 Å². The van der Waals surface area contributed by atoms with E-state index in [0.717, 1.165) is 22.8 Å². The fraction of sp³-hybridized carbons (Fsp3) is 0.100. The van der Waals surface area contributed by atoms with Crippen LogP contribution in [-0.4, -0.2) is 0 Å². The Morgan fingerprint density at radius 1 is 0.727 bits per heavy atom. The van der Waals surface area contributed by atoms with Crippen molar-refractivity contribution < 1.29 is 8.78 Å². The van der Waals surface area contributed by atoms with E-state index in [-0.39, 0.29) is 0 Å². The largest absolute Gasteiger partial charge is 0.207 e. The maximum atomic E-state index is 13.4. The van der Waals surface area contributed by atoms with Gasteiger partial charge >= 0.3 is 0 Å². The zero-order valence-electron chi connectivity index (χ0n) is 12.3. The molecule has 0 heterocycles. The van der Waals surface area contributed by atoms with Crippen LogP contribution in [0.5, 0.6) is 0 Å². The Kier molecular flexibility index (Phi) is 4.01. The van der Waals surface area contributed by atoms with E-state index in [0.29, 0.717) is 12.0 Å². The number of benzene rings is 3. The Balaban J connectivity index is 2.04. The molecule has 0 amide bonds. The van der Waals surface area contributed by atoms with Crippen molar-refractivity contribution in [2.45, 2.75) is 13.3 Å². The lowest BCUT2D eigenvalue weighted by molar-refractivity contribution is 0.580. The van der Waals surface area contributed by atoms with Gasteiger partial charge in [0.2, 0.25) is 0 Å². The third-order valence-corrected chi connectivity index (χ3v) is 3.77. The average molecular weight is 294 g/mol. The third-order valence-electron chi connectivity index (χ3n) is 3.77. The van der Waals surface area contributed by atoms with Crippen LogP contribution in [0.2, 0.25) is 0 Å². The summed E-state index contributed by atoms with van der Waals surface area (Å²) < 4.78 is 26.8. The molecule has 0 N–H and O–H groups in total. The number of aryl methyl sites for hydroxylation is 1. The molecule has 22 heavy (non-hydrogen) atoms. The molecule has 0 atom stereocenters. The average Bonchev–Trinajstić information content (AvgIpc) is 2.47. The predicted octanol–water partition coefficient (Wildman–Crippen LogP) is 5.53. The summed E-state index contributed by atoms with van der Waals surface area (Å²) in [6.45, 7) is 2.06. The van der Waals surface area contributed by atoms with Crippen LogP contribution in [0.4, 0.5) is 8.78 Å².